The van der Waals surface area contributed by atoms with Crippen LogP contribution in [-0.2, 0) is 29.3 Å². The van der Waals surface area contributed by atoms with Crippen molar-refractivity contribution in [2.24, 2.45) is 0 Å². The molecular weight excluding hydrogens is 430 g/mol. The van der Waals surface area contributed by atoms with Crippen molar-refractivity contribution in [2.45, 2.75) is 57.8 Å². The third-order valence-corrected chi connectivity index (χ3v) is 7.26. The Morgan fingerprint density at radius 3 is 2.76 bits per heavy atom. The summed E-state index contributed by atoms with van der Waals surface area (Å²) in [6.07, 6.45) is 4.78. The summed E-state index contributed by atoms with van der Waals surface area (Å²) in [5, 5.41) is 3.57. The highest BCUT2D eigenvalue weighted by atomic mass is 16.5. The summed E-state index contributed by atoms with van der Waals surface area (Å²) < 4.78 is 12.3. The van der Waals surface area contributed by atoms with Gasteiger partial charge < -0.3 is 14.1 Å². The van der Waals surface area contributed by atoms with E-state index in [2.05, 4.69) is 45.4 Å². The van der Waals surface area contributed by atoms with E-state index < -0.39 is 0 Å². The maximum absolute atomic E-state index is 12.3. The molecule has 3 aromatic rings. The number of nitrogens with one attached hydrogen (secondary N) is 1. The number of carbonyl (C=O) groups is 2. The van der Waals surface area contributed by atoms with Gasteiger partial charge in [0.15, 0.2) is 0 Å². The van der Waals surface area contributed by atoms with Gasteiger partial charge in [-0.25, -0.2) is 0 Å². The van der Waals surface area contributed by atoms with E-state index in [1.165, 1.54) is 24.9 Å². The highest BCUT2D eigenvalue weighted by molar-refractivity contribution is 6.00. The van der Waals surface area contributed by atoms with Crippen molar-refractivity contribution in [3.63, 3.8) is 0 Å². The van der Waals surface area contributed by atoms with E-state index in [-0.39, 0.29) is 17.9 Å². The molecule has 0 spiro atoms. The maximum Gasteiger partial charge on any atom is 0.243 e. The summed E-state index contributed by atoms with van der Waals surface area (Å²) in [6, 6.07) is 14.3. The molecule has 1 atom stereocenters. The molecule has 4 heterocycles. The number of ether oxygens (including phenoxy) is 1. The number of nitrogens with zero attached hydrogens (tertiary/aromatic N) is 2. The van der Waals surface area contributed by atoms with E-state index in [9.17, 15) is 9.59 Å². The van der Waals surface area contributed by atoms with E-state index in [1.54, 1.807) is 0 Å². The number of carbonyl (C=O) groups excluding carboxylic acids is 2. The Kier molecular flexibility index (Phi) is 5.49. The van der Waals surface area contributed by atoms with Crippen molar-refractivity contribution in [1.82, 2.24) is 10.2 Å². The number of amides is 2. The van der Waals surface area contributed by atoms with Crippen LogP contribution < -0.4 is 15.0 Å². The zero-order valence-corrected chi connectivity index (χ0v) is 19.2. The lowest BCUT2D eigenvalue weighted by molar-refractivity contribution is -0.137. The van der Waals surface area contributed by atoms with Crippen molar-refractivity contribution in [1.29, 1.82) is 0 Å². The van der Waals surface area contributed by atoms with E-state index >= 15 is 0 Å². The lowest BCUT2D eigenvalue weighted by atomic mass is 10.0. The number of fused-ring (bicyclic) bond motifs is 2. The normalized spacial score (nSPS) is 21.1. The van der Waals surface area contributed by atoms with Crippen LogP contribution in [0, 0.1) is 0 Å². The molecule has 0 aliphatic carbocycles. The number of piperidine rings is 2. The zero-order valence-electron chi connectivity index (χ0n) is 19.2. The Balaban J connectivity index is 1.15. The fourth-order valence-electron chi connectivity index (χ4n) is 5.46. The van der Waals surface area contributed by atoms with Gasteiger partial charge in [0, 0.05) is 49.2 Å². The molecule has 3 aliphatic rings. The molecule has 0 saturated carbocycles. The number of benzene rings is 2. The number of hydrogen-bond donors (Lipinski definition) is 1. The zero-order chi connectivity index (χ0) is 23.1. The predicted molar refractivity (Wildman–Crippen MR) is 128 cm³/mol. The van der Waals surface area contributed by atoms with Gasteiger partial charge >= 0.3 is 0 Å². The van der Waals surface area contributed by atoms with Crippen LogP contribution in [0.25, 0.3) is 11.0 Å². The molecule has 7 nitrogen and oxygen atoms in total. The first-order chi connectivity index (χ1) is 16.6. The minimum absolute atomic E-state index is 0.184. The topological polar surface area (TPSA) is 75.0 Å². The number of furan rings is 1. The van der Waals surface area contributed by atoms with E-state index in [0.29, 0.717) is 32.5 Å². The third kappa shape index (κ3) is 4.05. The highest BCUT2D eigenvalue weighted by Crippen LogP contribution is 2.34. The second-order valence-corrected chi connectivity index (χ2v) is 9.54. The predicted octanol–water partition coefficient (Wildman–Crippen LogP) is 4.12. The van der Waals surface area contributed by atoms with Crippen LogP contribution >= 0.6 is 0 Å². The van der Waals surface area contributed by atoms with Gasteiger partial charge in [0.05, 0.1) is 6.04 Å². The second-order valence-electron chi connectivity index (χ2n) is 9.54. The van der Waals surface area contributed by atoms with E-state index in [4.69, 9.17) is 9.15 Å². The third-order valence-electron chi connectivity index (χ3n) is 7.26. The van der Waals surface area contributed by atoms with Crippen molar-refractivity contribution in [2.75, 3.05) is 18.0 Å². The Labute approximate surface area is 198 Å². The molecule has 2 aromatic carbocycles. The molecule has 1 aromatic heterocycles. The van der Waals surface area contributed by atoms with Crippen molar-refractivity contribution in [3.8, 4) is 5.75 Å². The smallest absolute Gasteiger partial charge is 0.243 e. The summed E-state index contributed by atoms with van der Waals surface area (Å²) in [5.41, 5.74) is 4.41. The lowest BCUT2D eigenvalue weighted by Crippen LogP contribution is -2.50. The second kappa shape index (κ2) is 8.80. The van der Waals surface area contributed by atoms with E-state index in [0.717, 1.165) is 46.7 Å². The van der Waals surface area contributed by atoms with Gasteiger partial charge in [0.1, 0.15) is 23.7 Å². The number of hydrogen-bond acceptors (Lipinski definition) is 6. The standard InChI is InChI=1S/C27H29N3O4/c31-26-10-8-23(27(32)28-26)30-15-18-5-4-6-25(22(18)16-30)33-17-21-14-19-13-20(7-9-24(19)34-21)29-11-2-1-3-12-29/h4-7,9,13-14,23H,1-3,8,10-12,15-17H2,(H,28,31,32). The van der Waals surface area contributed by atoms with Gasteiger partial charge in [-0.2, -0.15) is 0 Å². The lowest BCUT2D eigenvalue weighted by Gasteiger charge is -2.29. The average molecular weight is 460 g/mol. The number of anilines is 1. The summed E-state index contributed by atoms with van der Waals surface area (Å²) >= 11 is 0. The van der Waals surface area contributed by atoms with Crippen molar-refractivity contribution >= 4 is 28.5 Å². The van der Waals surface area contributed by atoms with Crippen LogP contribution in [0.15, 0.2) is 46.9 Å². The summed E-state index contributed by atoms with van der Waals surface area (Å²) in [6.45, 7) is 3.91. The Hall–Kier alpha value is -3.32. The molecule has 1 N–H and O–H groups in total. The molecule has 6 rings (SSSR count). The SMILES string of the molecule is O=C1CCC(N2Cc3cccc(OCc4cc5cc(N6CCCCC6)ccc5o4)c3C2)C(=O)N1. The Morgan fingerprint density at radius 2 is 1.91 bits per heavy atom. The molecule has 0 bridgehead atoms. The van der Waals surface area contributed by atoms with Gasteiger partial charge in [0.2, 0.25) is 11.8 Å². The van der Waals surface area contributed by atoms with E-state index in [1.807, 2.05) is 12.1 Å². The average Bonchev–Trinajstić information content (AvgIpc) is 3.47. The van der Waals surface area contributed by atoms with Crippen LogP contribution in [0.2, 0.25) is 0 Å². The Bertz CT molecular complexity index is 1240. The Morgan fingerprint density at radius 1 is 1.03 bits per heavy atom. The first-order valence-corrected chi connectivity index (χ1v) is 12.2. The van der Waals surface area contributed by atoms with Gasteiger partial charge in [0.25, 0.3) is 0 Å². The molecule has 3 aliphatic heterocycles. The molecular formula is C27H29N3O4. The molecule has 2 amide bonds. The monoisotopic (exact) mass is 459 g/mol. The largest absolute Gasteiger partial charge is 0.485 e. The first-order valence-electron chi connectivity index (χ1n) is 12.2. The minimum Gasteiger partial charge on any atom is -0.485 e. The fourth-order valence-corrected chi connectivity index (χ4v) is 5.46. The van der Waals surface area contributed by atoms with Crippen LogP contribution in [0.1, 0.15) is 49.0 Å². The van der Waals surface area contributed by atoms with Crippen LogP contribution in [0.3, 0.4) is 0 Å². The molecule has 2 saturated heterocycles. The fraction of sp³-hybridized carbons (Fsp3) is 0.407. The molecule has 34 heavy (non-hydrogen) atoms. The van der Waals surface area contributed by atoms with Crippen LogP contribution in [-0.4, -0.2) is 35.8 Å². The van der Waals surface area contributed by atoms with Gasteiger partial charge in [-0.1, -0.05) is 12.1 Å². The van der Waals surface area contributed by atoms with Gasteiger partial charge in [-0.15, -0.1) is 0 Å². The highest BCUT2D eigenvalue weighted by Gasteiger charge is 2.35. The van der Waals surface area contributed by atoms with Gasteiger partial charge in [-0.3, -0.25) is 19.8 Å². The molecule has 7 heteroatoms. The summed E-state index contributed by atoms with van der Waals surface area (Å²) in [4.78, 5) is 28.4. The summed E-state index contributed by atoms with van der Waals surface area (Å²) in [7, 11) is 0. The quantitative estimate of drug-likeness (QED) is 0.579. The summed E-state index contributed by atoms with van der Waals surface area (Å²) in [5.74, 6) is 1.23. The van der Waals surface area contributed by atoms with Crippen molar-refractivity contribution < 1.29 is 18.7 Å². The molecule has 0 radical (unpaired) electrons. The van der Waals surface area contributed by atoms with Crippen molar-refractivity contribution in [3.05, 3.63) is 59.4 Å². The number of rotatable bonds is 5. The molecule has 1 unspecified atom stereocenters. The van der Waals surface area contributed by atoms with Gasteiger partial charge in [-0.05, 0) is 61.6 Å². The maximum atomic E-state index is 12.3. The molecule has 2 fully saturated rings. The number of imide groups is 1. The first kappa shape index (κ1) is 21.2. The van der Waals surface area contributed by atoms with Crippen LogP contribution in [0.4, 0.5) is 5.69 Å². The molecule has 176 valence electrons. The minimum atomic E-state index is -0.276. The van der Waals surface area contributed by atoms with Crippen LogP contribution in [0.5, 0.6) is 5.75 Å².